The second-order valence-electron chi connectivity index (χ2n) is 7.62. The Morgan fingerprint density at radius 1 is 1.10 bits per heavy atom. The molecule has 0 N–H and O–H groups in total. The molecule has 0 atom stereocenters. The summed E-state index contributed by atoms with van der Waals surface area (Å²) in [6.45, 7) is 2.57. The largest absolute Gasteiger partial charge is 0.497 e. The van der Waals surface area contributed by atoms with E-state index in [2.05, 4.69) is 27.5 Å². The van der Waals surface area contributed by atoms with Crippen molar-refractivity contribution in [3.63, 3.8) is 0 Å². The smallest absolute Gasteiger partial charge is 0.254 e. The number of amides is 1. The summed E-state index contributed by atoms with van der Waals surface area (Å²) in [6, 6.07) is 15.6. The Hall–Kier alpha value is -3.26. The van der Waals surface area contributed by atoms with Gasteiger partial charge in [-0.25, -0.2) is 4.68 Å². The van der Waals surface area contributed by atoms with E-state index < -0.39 is 0 Å². The number of likely N-dealkylation sites (tertiary alicyclic amines) is 1. The van der Waals surface area contributed by atoms with Gasteiger partial charge in [-0.2, -0.15) is 0 Å². The predicted octanol–water partition coefficient (Wildman–Crippen LogP) is 2.41. The summed E-state index contributed by atoms with van der Waals surface area (Å²) >= 11 is 0. The highest BCUT2D eigenvalue weighted by molar-refractivity contribution is 5.94. The zero-order valence-electron chi connectivity index (χ0n) is 17.3. The van der Waals surface area contributed by atoms with Gasteiger partial charge >= 0.3 is 0 Å². The Kier molecular flexibility index (Phi) is 6.04. The lowest BCUT2D eigenvalue weighted by Gasteiger charge is -2.37. The molecular weight excluding hydrogens is 380 g/mol. The fourth-order valence-electron chi connectivity index (χ4n) is 3.80. The number of hydrogen-bond donors (Lipinski definition) is 0. The van der Waals surface area contributed by atoms with E-state index >= 15 is 0 Å². The van der Waals surface area contributed by atoms with Gasteiger partial charge in [-0.3, -0.25) is 4.79 Å². The van der Waals surface area contributed by atoms with Crippen LogP contribution in [0, 0.1) is 0 Å². The minimum atomic E-state index is 0.0450. The molecule has 0 spiro atoms. The van der Waals surface area contributed by atoms with E-state index in [0.717, 1.165) is 42.9 Å². The van der Waals surface area contributed by atoms with Crippen LogP contribution in [0.15, 0.2) is 54.9 Å². The lowest BCUT2D eigenvalue weighted by atomic mass is 10.0. The van der Waals surface area contributed by atoms with Crippen LogP contribution >= 0.6 is 0 Å². The molecule has 0 radical (unpaired) electrons. The molecule has 1 aromatic heterocycles. The van der Waals surface area contributed by atoms with Gasteiger partial charge in [-0.1, -0.05) is 12.1 Å². The number of nitrogens with zero attached hydrogens (tertiary/aromatic N) is 6. The van der Waals surface area contributed by atoms with Crippen molar-refractivity contribution in [3.8, 4) is 11.4 Å². The summed E-state index contributed by atoms with van der Waals surface area (Å²) in [5.41, 5.74) is 2.57. The molecular formula is C22H26N6O2. The van der Waals surface area contributed by atoms with E-state index in [-0.39, 0.29) is 11.9 Å². The normalized spacial score (nSPS) is 15.1. The minimum Gasteiger partial charge on any atom is -0.497 e. The second-order valence-corrected chi connectivity index (χ2v) is 7.62. The summed E-state index contributed by atoms with van der Waals surface area (Å²) in [7, 11) is 3.78. The maximum atomic E-state index is 13.5. The highest BCUT2D eigenvalue weighted by Crippen LogP contribution is 2.22. The average Bonchev–Trinajstić information content (AvgIpc) is 3.33. The molecule has 8 heteroatoms. The van der Waals surface area contributed by atoms with E-state index in [9.17, 15) is 4.79 Å². The van der Waals surface area contributed by atoms with E-state index in [0.29, 0.717) is 12.1 Å². The maximum absolute atomic E-state index is 13.5. The monoisotopic (exact) mass is 406 g/mol. The average molecular weight is 406 g/mol. The molecule has 2 aromatic carbocycles. The molecule has 0 bridgehead atoms. The first-order valence-corrected chi connectivity index (χ1v) is 10.1. The molecule has 156 valence electrons. The van der Waals surface area contributed by atoms with E-state index in [4.69, 9.17) is 4.74 Å². The highest BCUT2D eigenvalue weighted by atomic mass is 16.5. The van der Waals surface area contributed by atoms with Crippen molar-refractivity contribution in [3.05, 3.63) is 66.0 Å². The lowest BCUT2D eigenvalue weighted by molar-refractivity contribution is 0.0569. The van der Waals surface area contributed by atoms with Gasteiger partial charge in [0.1, 0.15) is 12.1 Å². The van der Waals surface area contributed by atoms with Crippen molar-refractivity contribution in [1.29, 1.82) is 0 Å². The lowest BCUT2D eigenvalue weighted by Crippen LogP contribution is -2.46. The number of methoxy groups -OCH3 is 1. The highest BCUT2D eigenvalue weighted by Gasteiger charge is 2.28. The Labute approximate surface area is 176 Å². The zero-order valence-corrected chi connectivity index (χ0v) is 17.3. The van der Waals surface area contributed by atoms with E-state index in [1.54, 1.807) is 11.8 Å². The molecule has 1 amide bonds. The van der Waals surface area contributed by atoms with Crippen LogP contribution in [0.1, 0.15) is 28.8 Å². The first-order valence-electron chi connectivity index (χ1n) is 10.1. The standard InChI is InChI=1S/C22H26N6O2/c1-26-13-11-19(12-14-26)27(15-17-3-9-21(30-2)10-4-17)22(29)18-5-7-20(8-6-18)28-16-23-24-25-28/h3-10,16,19H,11-15H2,1-2H3. The first-order chi connectivity index (χ1) is 14.6. The number of rotatable bonds is 6. The number of benzene rings is 2. The topological polar surface area (TPSA) is 76.4 Å². The number of carbonyl (C=O) groups is 1. The van der Waals surface area contributed by atoms with E-state index in [1.807, 2.05) is 53.4 Å². The Morgan fingerprint density at radius 2 is 1.80 bits per heavy atom. The maximum Gasteiger partial charge on any atom is 0.254 e. The molecule has 3 aromatic rings. The number of carbonyl (C=O) groups excluding carboxylic acids is 1. The summed E-state index contributed by atoms with van der Waals surface area (Å²) in [4.78, 5) is 17.8. The first kappa shape index (κ1) is 20.0. The number of hydrogen-bond acceptors (Lipinski definition) is 6. The number of piperidine rings is 1. The Bertz CT molecular complexity index is 948. The molecule has 1 saturated heterocycles. The van der Waals surface area contributed by atoms with E-state index in [1.165, 1.54) is 6.33 Å². The number of tetrazole rings is 1. The van der Waals surface area contributed by atoms with Gasteiger partial charge < -0.3 is 14.5 Å². The Balaban J connectivity index is 1.56. The molecule has 30 heavy (non-hydrogen) atoms. The summed E-state index contributed by atoms with van der Waals surface area (Å²) in [6.07, 6.45) is 3.48. The van der Waals surface area contributed by atoms with Crippen molar-refractivity contribution in [2.75, 3.05) is 27.2 Å². The van der Waals surface area contributed by atoms with Crippen LogP contribution < -0.4 is 4.74 Å². The summed E-state index contributed by atoms with van der Waals surface area (Å²) in [5.74, 6) is 0.859. The SMILES string of the molecule is COc1ccc(CN(C(=O)c2ccc(-n3cnnn3)cc2)C2CCN(C)CC2)cc1. The van der Waals surface area contributed by atoms with Gasteiger partial charge in [-0.15, -0.1) is 5.10 Å². The van der Waals surface area contributed by atoms with Crippen LogP contribution in [-0.4, -0.2) is 69.2 Å². The van der Waals surface area contributed by atoms with Crippen molar-refractivity contribution >= 4 is 5.91 Å². The fourth-order valence-corrected chi connectivity index (χ4v) is 3.80. The van der Waals surface area contributed by atoms with Gasteiger partial charge in [0.15, 0.2) is 0 Å². The van der Waals surface area contributed by atoms with Gasteiger partial charge in [0.05, 0.1) is 12.8 Å². The summed E-state index contributed by atoms with van der Waals surface area (Å²) in [5, 5.41) is 11.2. The van der Waals surface area contributed by atoms with Crippen LogP contribution in [0.3, 0.4) is 0 Å². The van der Waals surface area contributed by atoms with Gasteiger partial charge in [0, 0.05) is 18.2 Å². The third-order valence-electron chi connectivity index (χ3n) is 5.63. The predicted molar refractivity (Wildman–Crippen MR) is 113 cm³/mol. The molecule has 1 aliphatic heterocycles. The van der Waals surface area contributed by atoms with Crippen molar-refractivity contribution < 1.29 is 9.53 Å². The van der Waals surface area contributed by atoms with Crippen LogP contribution in [0.4, 0.5) is 0 Å². The minimum absolute atomic E-state index is 0.0450. The third-order valence-corrected chi connectivity index (χ3v) is 5.63. The number of aromatic nitrogens is 4. The molecule has 4 rings (SSSR count). The fraction of sp³-hybridized carbons (Fsp3) is 0.364. The van der Waals surface area contributed by atoms with Crippen LogP contribution in [0.5, 0.6) is 5.75 Å². The molecule has 0 saturated carbocycles. The quantitative estimate of drug-likeness (QED) is 0.626. The molecule has 0 aliphatic carbocycles. The molecule has 0 unspecified atom stereocenters. The summed E-state index contributed by atoms with van der Waals surface area (Å²) < 4.78 is 6.83. The van der Waals surface area contributed by atoms with Crippen molar-refractivity contribution in [1.82, 2.24) is 30.0 Å². The van der Waals surface area contributed by atoms with Gasteiger partial charge in [0.2, 0.25) is 0 Å². The second kappa shape index (κ2) is 9.04. The van der Waals surface area contributed by atoms with Crippen molar-refractivity contribution in [2.45, 2.75) is 25.4 Å². The molecule has 1 aliphatic rings. The van der Waals surface area contributed by atoms with Crippen LogP contribution in [0.25, 0.3) is 5.69 Å². The molecule has 8 nitrogen and oxygen atoms in total. The zero-order chi connectivity index (χ0) is 20.9. The number of ether oxygens (including phenoxy) is 1. The van der Waals surface area contributed by atoms with Crippen molar-refractivity contribution in [2.24, 2.45) is 0 Å². The van der Waals surface area contributed by atoms with Gasteiger partial charge in [-0.05, 0) is 85.4 Å². The van der Waals surface area contributed by atoms with Crippen LogP contribution in [-0.2, 0) is 6.54 Å². The van der Waals surface area contributed by atoms with Gasteiger partial charge in [0.25, 0.3) is 5.91 Å². The Morgan fingerprint density at radius 3 is 2.40 bits per heavy atom. The molecule has 2 heterocycles. The molecule has 1 fully saturated rings. The van der Waals surface area contributed by atoms with Crippen LogP contribution in [0.2, 0.25) is 0 Å². The third kappa shape index (κ3) is 4.49.